The summed E-state index contributed by atoms with van der Waals surface area (Å²) in [4.78, 5) is 0. The van der Waals surface area contributed by atoms with Crippen molar-refractivity contribution in [2.24, 2.45) is 0 Å². The maximum Gasteiger partial charge on any atom is 0.154 e. The van der Waals surface area contributed by atoms with Gasteiger partial charge in [0.25, 0.3) is 0 Å². The van der Waals surface area contributed by atoms with Crippen molar-refractivity contribution in [3.63, 3.8) is 0 Å². The number of nitrogens with two attached hydrogens (primary N) is 1. The zero-order valence-corrected chi connectivity index (χ0v) is 13.4. The van der Waals surface area contributed by atoms with Crippen molar-refractivity contribution in [2.75, 3.05) is 5.73 Å². The van der Waals surface area contributed by atoms with Crippen LogP contribution in [0.25, 0.3) is 28.3 Å². The third kappa shape index (κ3) is 2.47. The third-order valence-electron chi connectivity index (χ3n) is 3.81. The van der Waals surface area contributed by atoms with Crippen LogP contribution in [0, 0.1) is 0 Å². The van der Waals surface area contributed by atoms with Gasteiger partial charge in [-0.15, -0.1) is 0 Å². The van der Waals surface area contributed by atoms with Crippen LogP contribution in [0.3, 0.4) is 0 Å². The molecule has 0 radical (unpaired) electrons. The highest BCUT2D eigenvalue weighted by Gasteiger charge is 2.21. The number of nitrogen functional groups attached to an aromatic ring is 1. The summed E-state index contributed by atoms with van der Waals surface area (Å²) in [6, 6.07) is 21.0. The number of benzene rings is 2. The summed E-state index contributed by atoms with van der Waals surface area (Å²) < 4.78 is 7.28. The number of hydrogen-bond acceptors (Lipinski definition) is 3. The Kier molecular flexibility index (Phi) is 3.59. The van der Waals surface area contributed by atoms with Gasteiger partial charge in [0, 0.05) is 5.02 Å². The predicted octanol–water partition coefficient (Wildman–Crippen LogP) is 5.03. The van der Waals surface area contributed by atoms with Crippen molar-refractivity contribution < 1.29 is 4.42 Å². The fourth-order valence-electron chi connectivity index (χ4n) is 2.68. The third-order valence-corrected chi connectivity index (χ3v) is 4.06. The Bertz CT molecular complexity index is 958. The van der Waals surface area contributed by atoms with Gasteiger partial charge in [0.15, 0.2) is 5.76 Å². The van der Waals surface area contributed by atoms with E-state index in [1.165, 1.54) is 0 Å². The lowest BCUT2D eigenvalue weighted by Crippen LogP contribution is -2.01. The first kappa shape index (κ1) is 14.6. The summed E-state index contributed by atoms with van der Waals surface area (Å²) >= 11 is 6.01. The van der Waals surface area contributed by atoms with Crippen LogP contribution in [0.5, 0.6) is 0 Å². The molecule has 2 aromatic heterocycles. The second kappa shape index (κ2) is 5.91. The molecule has 0 aliphatic heterocycles. The highest BCUT2D eigenvalue weighted by atomic mass is 35.5. The van der Waals surface area contributed by atoms with Crippen LogP contribution in [0.4, 0.5) is 5.82 Å². The molecule has 0 bridgehead atoms. The van der Waals surface area contributed by atoms with Gasteiger partial charge in [-0.25, -0.2) is 4.68 Å². The minimum atomic E-state index is 0.551. The molecule has 4 aromatic rings. The van der Waals surface area contributed by atoms with Crippen molar-refractivity contribution >= 4 is 17.4 Å². The fourth-order valence-corrected chi connectivity index (χ4v) is 2.81. The molecule has 0 unspecified atom stereocenters. The smallest absolute Gasteiger partial charge is 0.154 e. The Hall–Kier alpha value is -2.98. The molecule has 2 N–H and O–H groups in total. The van der Waals surface area contributed by atoms with Gasteiger partial charge in [0.1, 0.15) is 11.5 Å². The van der Waals surface area contributed by atoms with E-state index in [9.17, 15) is 0 Å². The first-order valence-corrected chi connectivity index (χ1v) is 7.85. The molecule has 24 heavy (non-hydrogen) atoms. The van der Waals surface area contributed by atoms with E-state index < -0.39 is 0 Å². The lowest BCUT2D eigenvalue weighted by Gasteiger charge is -2.05. The molecular formula is C19H14ClN3O. The van der Waals surface area contributed by atoms with Crippen molar-refractivity contribution in [3.05, 3.63) is 78.0 Å². The van der Waals surface area contributed by atoms with Crippen LogP contribution in [-0.4, -0.2) is 9.78 Å². The average Bonchev–Trinajstić information content (AvgIpc) is 3.24. The van der Waals surface area contributed by atoms with Crippen LogP contribution >= 0.6 is 11.6 Å². The Morgan fingerprint density at radius 2 is 1.67 bits per heavy atom. The molecule has 0 saturated carbocycles. The molecule has 2 aromatic carbocycles. The molecule has 4 rings (SSSR count). The fraction of sp³-hybridized carbons (Fsp3) is 0. The van der Waals surface area contributed by atoms with Gasteiger partial charge >= 0.3 is 0 Å². The van der Waals surface area contributed by atoms with Crippen LogP contribution in [-0.2, 0) is 0 Å². The minimum absolute atomic E-state index is 0.551. The Labute approximate surface area is 144 Å². The van der Waals surface area contributed by atoms with Gasteiger partial charge in [-0.2, -0.15) is 5.10 Å². The molecule has 4 nitrogen and oxygen atoms in total. The number of rotatable bonds is 3. The van der Waals surface area contributed by atoms with E-state index in [1.807, 2.05) is 66.7 Å². The number of furan rings is 1. The minimum Gasteiger partial charge on any atom is -0.463 e. The molecule has 2 heterocycles. The number of aromatic nitrogens is 2. The zero-order chi connectivity index (χ0) is 16.5. The molecular weight excluding hydrogens is 322 g/mol. The Morgan fingerprint density at radius 3 is 2.33 bits per heavy atom. The lowest BCUT2D eigenvalue weighted by molar-refractivity contribution is 0.579. The van der Waals surface area contributed by atoms with Gasteiger partial charge in [0.2, 0.25) is 0 Å². The maximum atomic E-state index is 6.44. The molecule has 0 fully saturated rings. The summed E-state index contributed by atoms with van der Waals surface area (Å²) in [5, 5.41) is 5.36. The summed E-state index contributed by atoms with van der Waals surface area (Å²) in [5.74, 6) is 1.22. The monoisotopic (exact) mass is 335 g/mol. The first-order valence-electron chi connectivity index (χ1n) is 7.48. The standard InChI is InChI=1S/C19H14ClN3O/c20-14-10-8-13(9-11-14)17-18(16-7-4-12-24-16)22-23(19(17)21)15-5-2-1-3-6-15/h1-12H,21H2. The zero-order valence-electron chi connectivity index (χ0n) is 12.7. The largest absolute Gasteiger partial charge is 0.463 e. The number of nitrogens with zero attached hydrogens (tertiary/aromatic N) is 2. The second-order valence-electron chi connectivity index (χ2n) is 5.34. The highest BCUT2D eigenvalue weighted by molar-refractivity contribution is 6.30. The molecule has 0 atom stereocenters. The first-order chi connectivity index (χ1) is 11.7. The van der Waals surface area contributed by atoms with Gasteiger partial charge < -0.3 is 10.2 Å². The van der Waals surface area contributed by atoms with Crippen LogP contribution in [0.15, 0.2) is 77.4 Å². The van der Waals surface area contributed by atoms with E-state index in [4.69, 9.17) is 21.8 Å². The van der Waals surface area contributed by atoms with E-state index in [0.29, 0.717) is 22.3 Å². The Morgan fingerprint density at radius 1 is 0.917 bits per heavy atom. The number of halogens is 1. The van der Waals surface area contributed by atoms with E-state index >= 15 is 0 Å². The predicted molar refractivity (Wildman–Crippen MR) is 96.1 cm³/mol. The van der Waals surface area contributed by atoms with E-state index in [-0.39, 0.29) is 0 Å². The summed E-state index contributed by atoms with van der Waals surface area (Å²) in [6.45, 7) is 0. The molecule has 0 spiro atoms. The van der Waals surface area contributed by atoms with Crippen molar-refractivity contribution in [1.29, 1.82) is 0 Å². The molecule has 0 amide bonds. The summed E-state index contributed by atoms with van der Waals surface area (Å²) in [6.07, 6.45) is 1.62. The average molecular weight is 336 g/mol. The quantitative estimate of drug-likeness (QED) is 0.571. The summed E-state index contributed by atoms with van der Waals surface area (Å²) in [5.41, 5.74) is 9.79. The van der Waals surface area contributed by atoms with E-state index in [0.717, 1.165) is 16.8 Å². The van der Waals surface area contributed by atoms with Crippen molar-refractivity contribution in [1.82, 2.24) is 9.78 Å². The molecule has 0 aliphatic rings. The number of para-hydroxylation sites is 1. The number of hydrogen-bond donors (Lipinski definition) is 1. The van der Waals surface area contributed by atoms with Crippen LogP contribution in [0.1, 0.15) is 0 Å². The molecule has 0 saturated heterocycles. The summed E-state index contributed by atoms with van der Waals surface area (Å²) in [7, 11) is 0. The van der Waals surface area contributed by atoms with E-state index in [2.05, 4.69) is 5.10 Å². The van der Waals surface area contributed by atoms with Crippen molar-refractivity contribution in [2.45, 2.75) is 0 Å². The van der Waals surface area contributed by atoms with Crippen LogP contribution in [0.2, 0.25) is 5.02 Å². The lowest BCUT2D eigenvalue weighted by atomic mass is 10.0. The molecule has 0 aliphatic carbocycles. The van der Waals surface area contributed by atoms with Crippen molar-refractivity contribution in [3.8, 4) is 28.3 Å². The van der Waals surface area contributed by atoms with Gasteiger partial charge in [0.05, 0.1) is 17.5 Å². The molecule has 5 heteroatoms. The van der Waals surface area contributed by atoms with E-state index in [1.54, 1.807) is 10.9 Å². The van der Waals surface area contributed by atoms with Crippen LogP contribution < -0.4 is 5.73 Å². The maximum absolute atomic E-state index is 6.44. The topological polar surface area (TPSA) is 57.0 Å². The van der Waals surface area contributed by atoms with Gasteiger partial charge in [-0.05, 0) is 42.0 Å². The Balaban J connectivity index is 1.97. The SMILES string of the molecule is Nc1c(-c2ccc(Cl)cc2)c(-c2ccco2)nn1-c1ccccc1. The number of anilines is 1. The second-order valence-corrected chi connectivity index (χ2v) is 5.78. The highest BCUT2D eigenvalue weighted by Crippen LogP contribution is 2.38. The van der Waals surface area contributed by atoms with Gasteiger partial charge in [-0.1, -0.05) is 41.9 Å². The molecule has 118 valence electrons. The normalized spacial score (nSPS) is 10.9. The van der Waals surface area contributed by atoms with Gasteiger partial charge in [-0.3, -0.25) is 0 Å².